The number of nitrogens with one attached hydrogen (secondary N) is 1. The molecule has 2 atom stereocenters. The number of rotatable bonds is 46. The van der Waals surface area contributed by atoms with E-state index in [1.807, 2.05) is 0 Å². The van der Waals surface area contributed by atoms with Crippen molar-refractivity contribution in [1.29, 1.82) is 0 Å². The highest BCUT2D eigenvalue weighted by atomic mass is 16.5. The Hall–Kier alpha value is -1.66. The standard InChI is InChI=1S/C51H97NO5/c1-3-5-7-9-11-13-14-21-25-29-33-37-41-45-51(56)57-46-42-38-34-30-26-23-20-18-16-15-17-19-22-24-28-32-36-40-44-50(55)52-48(47-53)49(54)43-39-35-31-27-12-10-8-6-4-2/h13-14,17,19,48-49,53-54H,3-12,15-16,18,20-47H2,1-2H3,(H,52,55)/b14-13-,19-17-. The van der Waals surface area contributed by atoms with Crippen LogP contribution >= 0.6 is 0 Å². The summed E-state index contributed by atoms with van der Waals surface area (Å²) >= 11 is 0. The van der Waals surface area contributed by atoms with E-state index in [4.69, 9.17) is 4.74 Å². The molecule has 57 heavy (non-hydrogen) atoms. The summed E-state index contributed by atoms with van der Waals surface area (Å²) in [6, 6.07) is -0.549. The lowest BCUT2D eigenvalue weighted by Gasteiger charge is -2.22. The highest BCUT2D eigenvalue weighted by Gasteiger charge is 2.20. The van der Waals surface area contributed by atoms with Crippen molar-refractivity contribution < 1.29 is 24.5 Å². The minimum atomic E-state index is -0.670. The van der Waals surface area contributed by atoms with Crippen LogP contribution in [0.15, 0.2) is 24.3 Å². The number of unbranched alkanes of at least 4 members (excludes halogenated alkanes) is 31. The van der Waals surface area contributed by atoms with E-state index in [0.29, 0.717) is 25.9 Å². The molecule has 0 radical (unpaired) electrons. The van der Waals surface area contributed by atoms with Gasteiger partial charge in [-0.1, -0.05) is 199 Å². The van der Waals surface area contributed by atoms with E-state index in [1.54, 1.807) is 0 Å². The normalized spacial score (nSPS) is 12.8. The fraction of sp³-hybridized carbons (Fsp3) is 0.882. The second-order valence-corrected chi connectivity index (χ2v) is 17.1. The van der Waals surface area contributed by atoms with Gasteiger partial charge < -0.3 is 20.3 Å². The maximum Gasteiger partial charge on any atom is 0.305 e. The molecule has 0 saturated heterocycles. The van der Waals surface area contributed by atoms with Crippen LogP contribution in [0.3, 0.4) is 0 Å². The summed E-state index contributed by atoms with van der Waals surface area (Å²) < 4.78 is 5.45. The van der Waals surface area contributed by atoms with Crippen LogP contribution in [0, 0.1) is 0 Å². The highest BCUT2D eigenvalue weighted by molar-refractivity contribution is 5.76. The van der Waals surface area contributed by atoms with Gasteiger partial charge in [0.05, 0.1) is 25.4 Å². The largest absolute Gasteiger partial charge is 0.466 e. The zero-order chi connectivity index (χ0) is 41.5. The predicted molar refractivity (Wildman–Crippen MR) is 246 cm³/mol. The molecule has 0 aliphatic rings. The molecule has 0 rings (SSSR count). The quantitative estimate of drug-likeness (QED) is 0.0324. The van der Waals surface area contributed by atoms with Crippen molar-refractivity contribution >= 4 is 11.9 Å². The Bertz CT molecular complexity index is 889. The Morgan fingerprint density at radius 3 is 1.26 bits per heavy atom. The molecular formula is C51H97NO5. The smallest absolute Gasteiger partial charge is 0.305 e. The Balaban J connectivity index is 3.43. The summed E-state index contributed by atoms with van der Waals surface area (Å²) in [6.07, 6.45) is 54.4. The average Bonchev–Trinajstić information content (AvgIpc) is 3.21. The number of carbonyl (C=O) groups is 2. The van der Waals surface area contributed by atoms with Crippen LogP contribution in [0.2, 0.25) is 0 Å². The molecule has 3 N–H and O–H groups in total. The van der Waals surface area contributed by atoms with Crippen molar-refractivity contribution in [3.8, 4) is 0 Å². The van der Waals surface area contributed by atoms with Gasteiger partial charge in [-0.05, 0) is 77.0 Å². The Kier molecular flexibility index (Phi) is 45.7. The van der Waals surface area contributed by atoms with Gasteiger partial charge in [-0.2, -0.15) is 0 Å². The van der Waals surface area contributed by atoms with Gasteiger partial charge in [-0.15, -0.1) is 0 Å². The summed E-state index contributed by atoms with van der Waals surface area (Å²) in [5.74, 6) is -0.0595. The van der Waals surface area contributed by atoms with Crippen LogP contribution in [0.5, 0.6) is 0 Å². The van der Waals surface area contributed by atoms with Gasteiger partial charge in [0.1, 0.15) is 0 Å². The molecule has 336 valence electrons. The third-order valence-electron chi connectivity index (χ3n) is 11.5. The number of aliphatic hydroxyl groups excluding tert-OH is 2. The summed E-state index contributed by atoms with van der Waals surface area (Å²) in [5, 5.41) is 23.0. The first-order valence-corrected chi connectivity index (χ1v) is 25.1. The number of aliphatic hydroxyl groups is 2. The number of hydrogen-bond acceptors (Lipinski definition) is 5. The molecule has 0 aromatic heterocycles. The van der Waals surface area contributed by atoms with Crippen molar-refractivity contribution in [2.75, 3.05) is 13.2 Å². The Morgan fingerprint density at radius 2 is 0.825 bits per heavy atom. The monoisotopic (exact) mass is 804 g/mol. The van der Waals surface area contributed by atoms with Gasteiger partial charge in [0.15, 0.2) is 0 Å². The zero-order valence-electron chi connectivity index (χ0n) is 38.1. The van der Waals surface area contributed by atoms with Crippen LogP contribution in [-0.2, 0) is 14.3 Å². The molecule has 0 heterocycles. The molecule has 6 nitrogen and oxygen atoms in total. The molecule has 0 saturated carbocycles. The molecule has 6 heteroatoms. The van der Waals surface area contributed by atoms with Crippen LogP contribution in [0.4, 0.5) is 0 Å². The average molecular weight is 804 g/mol. The maximum atomic E-state index is 12.4. The zero-order valence-corrected chi connectivity index (χ0v) is 38.1. The third kappa shape index (κ3) is 43.7. The van der Waals surface area contributed by atoms with E-state index in [2.05, 4.69) is 43.5 Å². The molecule has 2 unspecified atom stereocenters. The minimum absolute atomic E-state index is 0.00693. The number of ether oxygens (including phenoxy) is 1. The van der Waals surface area contributed by atoms with Crippen molar-refractivity contribution in [2.24, 2.45) is 0 Å². The fourth-order valence-electron chi connectivity index (χ4n) is 7.57. The molecule has 0 bridgehead atoms. The number of carbonyl (C=O) groups excluding carboxylic acids is 2. The van der Waals surface area contributed by atoms with E-state index in [0.717, 1.165) is 57.8 Å². The maximum absolute atomic E-state index is 12.4. The number of amides is 1. The Labute approximate surface area is 354 Å². The molecule has 0 spiro atoms. The first-order valence-electron chi connectivity index (χ1n) is 25.1. The van der Waals surface area contributed by atoms with E-state index in [9.17, 15) is 19.8 Å². The number of allylic oxidation sites excluding steroid dienone is 4. The second kappa shape index (κ2) is 47.0. The van der Waals surface area contributed by atoms with Crippen molar-refractivity contribution in [2.45, 2.75) is 276 Å². The fourth-order valence-corrected chi connectivity index (χ4v) is 7.57. The molecule has 0 aromatic carbocycles. The van der Waals surface area contributed by atoms with Crippen LogP contribution in [0.1, 0.15) is 264 Å². The van der Waals surface area contributed by atoms with Crippen LogP contribution < -0.4 is 5.32 Å². The lowest BCUT2D eigenvalue weighted by Crippen LogP contribution is -2.45. The topological polar surface area (TPSA) is 95.9 Å². The van der Waals surface area contributed by atoms with Gasteiger partial charge in [0.2, 0.25) is 5.91 Å². The van der Waals surface area contributed by atoms with E-state index in [1.165, 1.54) is 173 Å². The van der Waals surface area contributed by atoms with Crippen LogP contribution in [0.25, 0.3) is 0 Å². The van der Waals surface area contributed by atoms with Gasteiger partial charge in [0.25, 0.3) is 0 Å². The molecule has 0 fully saturated rings. The van der Waals surface area contributed by atoms with Gasteiger partial charge in [-0.3, -0.25) is 9.59 Å². The van der Waals surface area contributed by atoms with Gasteiger partial charge in [-0.25, -0.2) is 0 Å². The molecule has 0 aliphatic carbocycles. The molecule has 0 aliphatic heterocycles. The summed E-state index contributed by atoms with van der Waals surface area (Å²) in [5.41, 5.74) is 0. The summed E-state index contributed by atoms with van der Waals surface area (Å²) in [7, 11) is 0. The lowest BCUT2D eigenvalue weighted by molar-refractivity contribution is -0.143. The first-order chi connectivity index (χ1) is 28.0. The Morgan fingerprint density at radius 1 is 0.474 bits per heavy atom. The summed E-state index contributed by atoms with van der Waals surface area (Å²) in [6.45, 7) is 4.89. The predicted octanol–water partition coefficient (Wildman–Crippen LogP) is 14.7. The molecule has 0 aromatic rings. The molecular weight excluding hydrogens is 707 g/mol. The van der Waals surface area contributed by atoms with E-state index >= 15 is 0 Å². The van der Waals surface area contributed by atoms with Crippen molar-refractivity contribution in [3.63, 3.8) is 0 Å². The number of hydrogen-bond donors (Lipinski definition) is 3. The number of esters is 1. The second-order valence-electron chi connectivity index (χ2n) is 17.1. The van der Waals surface area contributed by atoms with Crippen molar-refractivity contribution in [3.05, 3.63) is 24.3 Å². The third-order valence-corrected chi connectivity index (χ3v) is 11.5. The van der Waals surface area contributed by atoms with Gasteiger partial charge in [0, 0.05) is 12.8 Å². The van der Waals surface area contributed by atoms with E-state index in [-0.39, 0.29) is 18.5 Å². The molecule has 1 amide bonds. The van der Waals surface area contributed by atoms with Crippen molar-refractivity contribution in [1.82, 2.24) is 5.32 Å². The minimum Gasteiger partial charge on any atom is -0.466 e. The highest BCUT2D eigenvalue weighted by Crippen LogP contribution is 2.15. The van der Waals surface area contributed by atoms with E-state index < -0.39 is 12.1 Å². The SMILES string of the molecule is CCCCCC/C=C\CCCCCCCC(=O)OCCCCCCCCCCC/C=C\CCCCCCCC(=O)NC(CO)C(O)CCCCCCCCCCC. The first kappa shape index (κ1) is 55.3. The van der Waals surface area contributed by atoms with Crippen LogP contribution in [-0.4, -0.2) is 47.4 Å². The summed E-state index contributed by atoms with van der Waals surface area (Å²) in [4.78, 5) is 24.4. The lowest BCUT2D eigenvalue weighted by atomic mass is 10.0. The van der Waals surface area contributed by atoms with Gasteiger partial charge >= 0.3 is 5.97 Å².